The lowest BCUT2D eigenvalue weighted by Gasteiger charge is -2.14. The molecule has 2 aromatic carbocycles. The first-order chi connectivity index (χ1) is 9.69. The number of benzene rings is 2. The first kappa shape index (κ1) is 14.5. The predicted molar refractivity (Wildman–Crippen MR) is 79.3 cm³/mol. The Morgan fingerprint density at radius 2 is 1.70 bits per heavy atom. The molecule has 0 radical (unpaired) electrons. The lowest BCUT2D eigenvalue weighted by atomic mass is 10.1. The molecule has 0 aliphatic rings. The highest BCUT2D eigenvalue weighted by molar-refractivity contribution is 5.27. The lowest BCUT2D eigenvalue weighted by molar-refractivity contribution is 0.290. The standard InChI is InChI=1S/C17H20FNO/c1-2-3-13-4-10-16(11-5-13)20-12-17(19)14-6-8-15(18)9-7-14/h4-11,17H,2-3,12,19H2,1H3. The van der Waals surface area contributed by atoms with Gasteiger partial charge in [0.15, 0.2) is 0 Å². The van der Waals surface area contributed by atoms with Crippen LogP contribution in [0.25, 0.3) is 0 Å². The molecule has 2 N–H and O–H groups in total. The number of hydrogen-bond donors (Lipinski definition) is 1. The Morgan fingerprint density at radius 1 is 1.05 bits per heavy atom. The Kier molecular flexibility index (Phi) is 5.13. The smallest absolute Gasteiger partial charge is 0.123 e. The number of aryl methyl sites for hydroxylation is 1. The van der Waals surface area contributed by atoms with Crippen molar-refractivity contribution in [1.29, 1.82) is 0 Å². The monoisotopic (exact) mass is 273 g/mol. The van der Waals surface area contributed by atoms with E-state index in [9.17, 15) is 4.39 Å². The maximum atomic E-state index is 12.8. The largest absolute Gasteiger partial charge is 0.492 e. The van der Waals surface area contributed by atoms with Crippen LogP contribution in [0.3, 0.4) is 0 Å². The van der Waals surface area contributed by atoms with Crippen molar-refractivity contribution >= 4 is 0 Å². The SMILES string of the molecule is CCCc1ccc(OCC(N)c2ccc(F)cc2)cc1. The third-order valence-electron chi connectivity index (χ3n) is 3.19. The van der Waals surface area contributed by atoms with Crippen LogP contribution in [0.1, 0.15) is 30.5 Å². The number of ether oxygens (including phenoxy) is 1. The second-order valence-corrected chi connectivity index (χ2v) is 4.86. The molecular weight excluding hydrogens is 253 g/mol. The van der Waals surface area contributed by atoms with Crippen molar-refractivity contribution in [1.82, 2.24) is 0 Å². The van der Waals surface area contributed by atoms with Gasteiger partial charge in [-0.1, -0.05) is 37.6 Å². The normalized spacial score (nSPS) is 12.2. The van der Waals surface area contributed by atoms with E-state index in [0.29, 0.717) is 6.61 Å². The molecule has 0 amide bonds. The van der Waals surface area contributed by atoms with Gasteiger partial charge in [-0.05, 0) is 41.8 Å². The zero-order valence-corrected chi connectivity index (χ0v) is 11.7. The molecule has 0 spiro atoms. The fourth-order valence-electron chi connectivity index (χ4n) is 2.03. The summed E-state index contributed by atoms with van der Waals surface area (Å²) in [7, 11) is 0. The highest BCUT2D eigenvalue weighted by Gasteiger charge is 2.07. The van der Waals surface area contributed by atoms with Crippen LogP contribution in [0.5, 0.6) is 5.75 Å². The first-order valence-corrected chi connectivity index (χ1v) is 6.92. The Balaban J connectivity index is 1.89. The minimum Gasteiger partial charge on any atom is -0.492 e. The third-order valence-corrected chi connectivity index (χ3v) is 3.19. The van der Waals surface area contributed by atoms with Gasteiger partial charge in [0.05, 0.1) is 6.04 Å². The summed E-state index contributed by atoms with van der Waals surface area (Å²) in [6.07, 6.45) is 2.21. The van der Waals surface area contributed by atoms with E-state index in [-0.39, 0.29) is 11.9 Å². The van der Waals surface area contributed by atoms with Crippen molar-refractivity contribution in [2.24, 2.45) is 5.73 Å². The van der Waals surface area contributed by atoms with Gasteiger partial charge in [-0.2, -0.15) is 0 Å². The number of hydrogen-bond acceptors (Lipinski definition) is 2. The molecule has 1 unspecified atom stereocenters. The Morgan fingerprint density at radius 3 is 2.30 bits per heavy atom. The molecule has 106 valence electrons. The Labute approximate surface area is 119 Å². The highest BCUT2D eigenvalue weighted by atomic mass is 19.1. The molecule has 20 heavy (non-hydrogen) atoms. The third kappa shape index (κ3) is 4.07. The number of halogens is 1. The summed E-state index contributed by atoms with van der Waals surface area (Å²) in [5, 5.41) is 0. The van der Waals surface area contributed by atoms with Gasteiger partial charge >= 0.3 is 0 Å². The molecule has 0 aliphatic heterocycles. The molecule has 0 heterocycles. The maximum absolute atomic E-state index is 12.8. The molecular formula is C17H20FNO. The van der Waals surface area contributed by atoms with E-state index in [2.05, 4.69) is 19.1 Å². The van der Waals surface area contributed by atoms with Gasteiger partial charge in [0.2, 0.25) is 0 Å². The van der Waals surface area contributed by atoms with Crippen molar-refractivity contribution < 1.29 is 9.13 Å². The van der Waals surface area contributed by atoms with Gasteiger partial charge in [0.25, 0.3) is 0 Å². The van der Waals surface area contributed by atoms with Gasteiger partial charge in [-0.15, -0.1) is 0 Å². The van der Waals surface area contributed by atoms with Crippen LogP contribution >= 0.6 is 0 Å². The zero-order chi connectivity index (χ0) is 14.4. The van der Waals surface area contributed by atoms with E-state index in [1.165, 1.54) is 17.7 Å². The van der Waals surface area contributed by atoms with Crippen molar-refractivity contribution in [3.8, 4) is 5.75 Å². The highest BCUT2D eigenvalue weighted by Crippen LogP contribution is 2.16. The average molecular weight is 273 g/mol. The molecule has 1 atom stereocenters. The van der Waals surface area contributed by atoms with Crippen molar-refractivity contribution in [3.05, 3.63) is 65.5 Å². The minimum atomic E-state index is -0.258. The van der Waals surface area contributed by atoms with Gasteiger partial charge in [0.1, 0.15) is 18.2 Å². The summed E-state index contributed by atoms with van der Waals surface area (Å²) >= 11 is 0. The van der Waals surface area contributed by atoms with Crippen LogP contribution in [-0.4, -0.2) is 6.61 Å². The summed E-state index contributed by atoms with van der Waals surface area (Å²) in [5.41, 5.74) is 8.20. The molecule has 0 fully saturated rings. The van der Waals surface area contributed by atoms with Crippen LogP contribution in [-0.2, 0) is 6.42 Å². The second-order valence-electron chi connectivity index (χ2n) is 4.86. The van der Waals surface area contributed by atoms with Crippen LogP contribution in [0.15, 0.2) is 48.5 Å². The molecule has 2 nitrogen and oxygen atoms in total. The predicted octanol–water partition coefficient (Wildman–Crippen LogP) is 3.86. The number of nitrogens with two attached hydrogens (primary N) is 1. The minimum absolute atomic E-state index is 0.256. The molecule has 0 saturated heterocycles. The number of rotatable bonds is 6. The second kappa shape index (κ2) is 7.06. The summed E-state index contributed by atoms with van der Waals surface area (Å²) in [5.74, 6) is 0.552. The molecule has 0 aromatic heterocycles. The summed E-state index contributed by atoms with van der Waals surface area (Å²) in [6, 6.07) is 14.0. The van der Waals surface area contributed by atoms with E-state index in [4.69, 9.17) is 10.5 Å². The Bertz CT molecular complexity index is 522. The van der Waals surface area contributed by atoms with E-state index < -0.39 is 0 Å². The van der Waals surface area contributed by atoms with E-state index in [0.717, 1.165) is 24.2 Å². The summed E-state index contributed by atoms with van der Waals surface area (Å²) in [4.78, 5) is 0. The topological polar surface area (TPSA) is 35.2 Å². The maximum Gasteiger partial charge on any atom is 0.123 e. The van der Waals surface area contributed by atoms with E-state index >= 15 is 0 Å². The quantitative estimate of drug-likeness (QED) is 0.867. The molecule has 2 aromatic rings. The summed E-state index contributed by atoms with van der Waals surface area (Å²) < 4.78 is 18.5. The molecule has 2 rings (SSSR count). The van der Waals surface area contributed by atoms with Gasteiger partial charge in [-0.25, -0.2) is 4.39 Å². The average Bonchev–Trinajstić information content (AvgIpc) is 2.47. The lowest BCUT2D eigenvalue weighted by Crippen LogP contribution is -2.18. The summed E-state index contributed by atoms with van der Waals surface area (Å²) in [6.45, 7) is 2.53. The van der Waals surface area contributed by atoms with Crippen LogP contribution < -0.4 is 10.5 Å². The molecule has 0 bridgehead atoms. The van der Waals surface area contributed by atoms with Gasteiger partial charge < -0.3 is 10.5 Å². The van der Waals surface area contributed by atoms with Crippen molar-refractivity contribution in [2.45, 2.75) is 25.8 Å². The first-order valence-electron chi connectivity index (χ1n) is 6.92. The van der Waals surface area contributed by atoms with Crippen LogP contribution in [0.2, 0.25) is 0 Å². The molecule has 0 aliphatic carbocycles. The zero-order valence-electron chi connectivity index (χ0n) is 11.7. The fraction of sp³-hybridized carbons (Fsp3) is 0.294. The van der Waals surface area contributed by atoms with Crippen molar-refractivity contribution in [2.75, 3.05) is 6.61 Å². The molecule has 0 saturated carbocycles. The van der Waals surface area contributed by atoms with Crippen LogP contribution in [0, 0.1) is 5.82 Å². The fourth-order valence-corrected chi connectivity index (χ4v) is 2.03. The Hall–Kier alpha value is -1.87. The molecule has 3 heteroatoms. The van der Waals surface area contributed by atoms with E-state index in [1.807, 2.05) is 12.1 Å². The van der Waals surface area contributed by atoms with Gasteiger partial charge in [0, 0.05) is 0 Å². The van der Waals surface area contributed by atoms with E-state index in [1.54, 1.807) is 12.1 Å². The van der Waals surface area contributed by atoms with Gasteiger partial charge in [-0.3, -0.25) is 0 Å². The van der Waals surface area contributed by atoms with Crippen molar-refractivity contribution in [3.63, 3.8) is 0 Å². The van der Waals surface area contributed by atoms with Crippen LogP contribution in [0.4, 0.5) is 4.39 Å².